The van der Waals surface area contributed by atoms with Crippen molar-refractivity contribution in [3.63, 3.8) is 0 Å². The highest BCUT2D eigenvalue weighted by molar-refractivity contribution is 14.1. The van der Waals surface area contributed by atoms with Gasteiger partial charge in [0.1, 0.15) is 6.61 Å². The van der Waals surface area contributed by atoms with E-state index in [4.69, 9.17) is 9.47 Å². The first-order chi connectivity index (χ1) is 16.2. The van der Waals surface area contributed by atoms with Crippen LogP contribution in [0.2, 0.25) is 0 Å². The number of halogens is 5. The number of hydrogen-bond acceptors (Lipinski definition) is 4. The van der Waals surface area contributed by atoms with E-state index in [1.54, 1.807) is 12.1 Å². The molecule has 3 rings (SSSR count). The quantitative estimate of drug-likeness (QED) is 0.166. The minimum Gasteiger partial charge on any atom is -0.490 e. The lowest BCUT2D eigenvalue weighted by molar-refractivity contribution is -0.137. The van der Waals surface area contributed by atoms with Crippen molar-refractivity contribution in [2.45, 2.75) is 19.7 Å². The van der Waals surface area contributed by atoms with Crippen molar-refractivity contribution in [2.24, 2.45) is 5.10 Å². The number of nitrogens with zero attached hydrogens (tertiary/aromatic N) is 1. The number of carbonyl (C=O) groups excluding carboxylic acids is 1. The summed E-state index contributed by atoms with van der Waals surface area (Å²) in [6.45, 7) is 2.58. The van der Waals surface area contributed by atoms with Crippen molar-refractivity contribution in [3.8, 4) is 11.5 Å². The van der Waals surface area contributed by atoms with Gasteiger partial charge in [-0.05, 0) is 77.0 Å². The number of hydrogen-bond donors (Lipinski definition) is 1. The van der Waals surface area contributed by atoms with Gasteiger partial charge in [-0.3, -0.25) is 4.79 Å². The van der Waals surface area contributed by atoms with E-state index >= 15 is 0 Å². The average Bonchev–Trinajstić information content (AvgIpc) is 2.79. The third kappa shape index (κ3) is 6.95. The molecular weight excluding hydrogens is 628 g/mol. The maximum Gasteiger partial charge on any atom is 0.417 e. The van der Waals surface area contributed by atoms with Gasteiger partial charge in [0.2, 0.25) is 0 Å². The Morgan fingerprint density at radius 1 is 1.12 bits per heavy atom. The lowest BCUT2D eigenvalue weighted by atomic mass is 10.1. The van der Waals surface area contributed by atoms with Crippen molar-refractivity contribution in [3.05, 3.63) is 91.0 Å². The first-order valence-electron chi connectivity index (χ1n) is 10.0. The molecule has 0 atom stereocenters. The van der Waals surface area contributed by atoms with E-state index in [0.29, 0.717) is 30.3 Å². The van der Waals surface area contributed by atoms with Crippen LogP contribution < -0.4 is 14.9 Å². The fourth-order valence-corrected chi connectivity index (χ4v) is 4.00. The molecule has 0 aliphatic rings. The molecule has 178 valence electrons. The third-order valence-corrected chi connectivity index (χ3v) is 5.81. The Balaban J connectivity index is 1.75. The summed E-state index contributed by atoms with van der Waals surface area (Å²) in [6.07, 6.45) is -3.32. The summed E-state index contributed by atoms with van der Waals surface area (Å²) >= 11 is 5.50. The van der Waals surface area contributed by atoms with Gasteiger partial charge >= 0.3 is 6.18 Å². The van der Waals surface area contributed by atoms with Crippen LogP contribution in [-0.4, -0.2) is 18.7 Å². The van der Waals surface area contributed by atoms with Crippen LogP contribution in [0.25, 0.3) is 0 Å². The molecule has 0 bridgehead atoms. The highest BCUT2D eigenvalue weighted by Crippen LogP contribution is 2.35. The zero-order chi connectivity index (χ0) is 24.7. The van der Waals surface area contributed by atoms with Crippen LogP contribution in [0.1, 0.15) is 34.0 Å². The van der Waals surface area contributed by atoms with Gasteiger partial charge in [0.25, 0.3) is 5.91 Å². The van der Waals surface area contributed by atoms with E-state index in [1.807, 2.05) is 31.2 Å². The van der Waals surface area contributed by atoms with Crippen molar-refractivity contribution in [1.82, 2.24) is 5.43 Å². The van der Waals surface area contributed by atoms with E-state index in [-0.39, 0.29) is 0 Å². The number of rotatable bonds is 8. The van der Waals surface area contributed by atoms with Crippen molar-refractivity contribution < 1.29 is 27.4 Å². The molecule has 0 saturated carbocycles. The molecule has 0 aromatic heterocycles. The van der Waals surface area contributed by atoms with Gasteiger partial charge in [0.15, 0.2) is 11.5 Å². The highest BCUT2D eigenvalue weighted by Gasteiger charge is 2.34. The van der Waals surface area contributed by atoms with Crippen LogP contribution in [0.4, 0.5) is 13.2 Å². The molecule has 3 aromatic rings. The lowest BCUT2D eigenvalue weighted by Crippen LogP contribution is -2.22. The maximum atomic E-state index is 13.1. The second-order valence-corrected chi connectivity index (χ2v) is 9.00. The molecule has 0 aliphatic carbocycles. The van der Waals surface area contributed by atoms with Gasteiger partial charge in [-0.2, -0.15) is 18.3 Å². The van der Waals surface area contributed by atoms with Gasteiger partial charge in [-0.1, -0.05) is 40.2 Å². The Bertz CT molecular complexity index is 1190. The normalized spacial score (nSPS) is 11.5. The second kappa shape index (κ2) is 11.7. The minimum absolute atomic E-state index is 0.339. The van der Waals surface area contributed by atoms with Gasteiger partial charge < -0.3 is 9.47 Å². The van der Waals surface area contributed by atoms with Crippen LogP contribution in [0.5, 0.6) is 11.5 Å². The predicted molar refractivity (Wildman–Crippen MR) is 135 cm³/mol. The van der Waals surface area contributed by atoms with Gasteiger partial charge in [0, 0.05) is 4.47 Å². The molecule has 0 radical (unpaired) electrons. The lowest BCUT2D eigenvalue weighted by Gasteiger charge is -2.15. The largest absolute Gasteiger partial charge is 0.490 e. The Morgan fingerprint density at radius 2 is 1.82 bits per heavy atom. The highest BCUT2D eigenvalue weighted by atomic mass is 127. The molecule has 3 aromatic carbocycles. The molecule has 0 saturated heterocycles. The van der Waals surface area contributed by atoms with Crippen molar-refractivity contribution in [2.75, 3.05) is 6.61 Å². The molecule has 5 nitrogen and oxygen atoms in total. The summed E-state index contributed by atoms with van der Waals surface area (Å²) < 4.78 is 52.8. The summed E-state index contributed by atoms with van der Waals surface area (Å²) in [5, 5.41) is 3.82. The number of nitrogens with one attached hydrogen (secondary N) is 1. The molecule has 34 heavy (non-hydrogen) atoms. The Labute approximate surface area is 216 Å². The first kappa shape index (κ1) is 26.0. The summed E-state index contributed by atoms with van der Waals surface area (Å²) in [5.41, 5.74) is 2.18. The Kier molecular flexibility index (Phi) is 8.95. The smallest absolute Gasteiger partial charge is 0.417 e. The minimum atomic E-state index is -4.65. The summed E-state index contributed by atoms with van der Waals surface area (Å²) in [4.78, 5) is 12.3. The monoisotopic (exact) mass is 646 g/mol. The van der Waals surface area contributed by atoms with Crippen molar-refractivity contribution in [1.29, 1.82) is 0 Å². The predicted octanol–water partition coefficient (Wildman–Crippen LogP) is 6.81. The fourth-order valence-electron chi connectivity index (χ4n) is 2.96. The second-order valence-electron chi connectivity index (χ2n) is 6.92. The van der Waals surface area contributed by atoms with Crippen LogP contribution in [-0.2, 0) is 12.8 Å². The van der Waals surface area contributed by atoms with E-state index in [2.05, 4.69) is 49.0 Å². The number of benzene rings is 3. The summed E-state index contributed by atoms with van der Waals surface area (Å²) in [5.74, 6) is 0.0886. The van der Waals surface area contributed by atoms with Crippen LogP contribution in [0.15, 0.2) is 70.2 Å². The maximum absolute atomic E-state index is 13.1. The van der Waals surface area contributed by atoms with E-state index < -0.39 is 23.2 Å². The molecule has 0 heterocycles. The zero-order valence-corrected chi connectivity index (χ0v) is 21.6. The van der Waals surface area contributed by atoms with Crippen LogP contribution in [0.3, 0.4) is 0 Å². The zero-order valence-electron chi connectivity index (χ0n) is 17.8. The van der Waals surface area contributed by atoms with Crippen LogP contribution in [0, 0.1) is 3.57 Å². The van der Waals surface area contributed by atoms with Gasteiger partial charge in [-0.15, -0.1) is 0 Å². The summed E-state index contributed by atoms with van der Waals surface area (Å²) in [7, 11) is 0. The fraction of sp³-hybridized carbons (Fsp3) is 0.167. The first-order valence-corrected chi connectivity index (χ1v) is 11.9. The Hall–Kier alpha value is -2.60. The molecule has 1 amide bonds. The number of ether oxygens (including phenoxy) is 2. The molecule has 0 spiro atoms. The van der Waals surface area contributed by atoms with Crippen LogP contribution >= 0.6 is 38.5 Å². The standard InChI is InChI=1S/C24H19BrF3IN2O3/c1-2-33-21-12-16(11-20(29)22(21)34-14-15-7-9-17(25)10-8-15)13-30-31-23(32)18-5-3-4-6-19(18)24(26,27)28/h3-13H,2,14H2,1H3,(H,31,32)/b30-13+. The molecule has 0 fully saturated rings. The van der Waals surface area contributed by atoms with Gasteiger partial charge in [0.05, 0.1) is 27.5 Å². The van der Waals surface area contributed by atoms with Gasteiger partial charge in [-0.25, -0.2) is 5.43 Å². The molecular formula is C24H19BrF3IN2O3. The third-order valence-electron chi connectivity index (χ3n) is 4.48. The molecule has 0 unspecified atom stereocenters. The number of amides is 1. The Morgan fingerprint density at radius 3 is 2.50 bits per heavy atom. The number of carbonyl (C=O) groups is 1. The number of alkyl halides is 3. The van der Waals surface area contributed by atoms with E-state index in [1.165, 1.54) is 18.3 Å². The molecule has 1 N–H and O–H groups in total. The van der Waals surface area contributed by atoms with E-state index in [0.717, 1.165) is 25.7 Å². The number of hydrazone groups is 1. The van der Waals surface area contributed by atoms with E-state index in [9.17, 15) is 18.0 Å². The summed E-state index contributed by atoms with van der Waals surface area (Å²) in [6, 6.07) is 15.7. The van der Waals surface area contributed by atoms with Crippen molar-refractivity contribution >= 4 is 50.6 Å². The SMILES string of the molecule is CCOc1cc(/C=N/NC(=O)c2ccccc2C(F)(F)F)cc(I)c1OCc1ccc(Br)cc1. The topological polar surface area (TPSA) is 59.9 Å². The molecule has 10 heteroatoms. The molecule has 0 aliphatic heterocycles. The average molecular weight is 647 g/mol.